The van der Waals surface area contributed by atoms with Gasteiger partial charge in [-0.05, 0) is 30.2 Å². The maximum atomic E-state index is 12.8. The number of methoxy groups -OCH3 is 1. The highest BCUT2D eigenvalue weighted by Gasteiger charge is 2.54. The van der Waals surface area contributed by atoms with E-state index in [-0.39, 0.29) is 12.5 Å². The molecule has 2 aromatic carbocycles. The largest absolute Gasteiger partial charge is 0.474 e. The van der Waals surface area contributed by atoms with Crippen molar-refractivity contribution < 1.29 is 19.2 Å². The molecule has 0 N–H and O–H groups in total. The molecule has 1 heterocycles. The molecule has 0 aliphatic carbocycles. The molecule has 0 amide bonds. The Balaban J connectivity index is 2.15. The van der Waals surface area contributed by atoms with Crippen molar-refractivity contribution in [3.05, 3.63) is 81.4 Å². The zero-order valence-corrected chi connectivity index (χ0v) is 15.1. The zero-order chi connectivity index (χ0) is 19.4. The number of aryl methyl sites for hydroxylation is 1. The van der Waals surface area contributed by atoms with E-state index in [0.29, 0.717) is 11.1 Å². The lowest BCUT2D eigenvalue weighted by atomic mass is 9.78. The Kier molecular flexibility index (Phi) is 5.21. The quantitative estimate of drug-likeness (QED) is 0.444. The van der Waals surface area contributed by atoms with Gasteiger partial charge in [0.05, 0.1) is 13.0 Å². The van der Waals surface area contributed by atoms with Crippen LogP contribution in [-0.2, 0) is 14.3 Å². The van der Waals surface area contributed by atoms with Gasteiger partial charge in [-0.25, -0.2) is 9.79 Å². The van der Waals surface area contributed by atoms with Crippen LogP contribution in [0.5, 0.6) is 0 Å². The fourth-order valence-electron chi connectivity index (χ4n) is 3.39. The Morgan fingerprint density at radius 2 is 1.93 bits per heavy atom. The summed E-state index contributed by atoms with van der Waals surface area (Å²) in [5.74, 6) is -1.19. The van der Waals surface area contributed by atoms with Gasteiger partial charge in [-0.2, -0.15) is 0 Å². The maximum absolute atomic E-state index is 12.8. The molecule has 1 aliphatic rings. The Hall–Kier alpha value is -3.22. The van der Waals surface area contributed by atoms with Crippen LogP contribution in [0.2, 0.25) is 0 Å². The molecule has 0 unspecified atom stereocenters. The molecule has 0 spiro atoms. The van der Waals surface area contributed by atoms with Crippen molar-refractivity contribution >= 4 is 11.9 Å². The molecule has 0 radical (unpaired) electrons. The predicted octanol–water partition coefficient (Wildman–Crippen LogP) is 2.74. The van der Waals surface area contributed by atoms with Crippen LogP contribution in [0, 0.1) is 17.0 Å². The lowest BCUT2D eigenvalue weighted by Crippen LogP contribution is -2.48. The topological polar surface area (TPSA) is 91.0 Å². The highest BCUT2D eigenvalue weighted by atomic mass is 16.6. The number of hydrogen-bond acceptors (Lipinski definition) is 6. The van der Waals surface area contributed by atoms with E-state index in [1.807, 2.05) is 49.4 Å². The molecular weight excluding hydrogens is 348 g/mol. The summed E-state index contributed by atoms with van der Waals surface area (Å²) in [5.41, 5.74) is 0.712. The molecule has 27 heavy (non-hydrogen) atoms. The number of esters is 1. The van der Waals surface area contributed by atoms with Gasteiger partial charge in [0.1, 0.15) is 6.61 Å². The van der Waals surface area contributed by atoms with Crippen LogP contribution >= 0.6 is 0 Å². The summed E-state index contributed by atoms with van der Waals surface area (Å²) in [5, 5.41) is 11.4. The number of aliphatic imine (C=N–C) groups is 1. The number of hydrogen-bond donors (Lipinski definition) is 0. The Bertz CT molecular complexity index is 881. The van der Waals surface area contributed by atoms with Crippen molar-refractivity contribution in [2.45, 2.75) is 18.4 Å². The highest BCUT2D eigenvalue weighted by Crippen LogP contribution is 2.39. The third-order valence-corrected chi connectivity index (χ3v) is 4.76. The molecule has 0 fully saturated rings. The van der Waals surface area contributed by atoms with Gasteiger partial charge in [0.15, 0.2) is 0 Å². The second kappa shape index (κ2) is 7.57. The van der Waals surface area contributed by atoms with Crippen molar-refractivity contribution in [2.24, 2.45) is 4.99 Å². The standard InChI is InChI=1S/C20H20N2O5/c1-14-8-6-7-11-16(14)17(12-22(24)25)20(19(23)26-2)13-27-18(21-20)15-9-4-3-5-10-15/h3-11,17H,12-13H2,1-2H3/t17-,20-/m0/s1. The van der Waals surface area contributed by atoms with Crippen molar-refractivity contribution in [1.29, 1.82) is 0 Å². The van der Waals surface area contributed by atoms with Crippen LogP contribution in [0.4, 0.5) is 0 Å². The summed E-state index contributed by atoms with van der Waals surface area (Å²) in [4.78, 5) is 28.3. The number of carbonyl (C=O) groups excluding carboxylic acids is 1. The van der Waals surface area contributed by atoms with E-state index >= 15 is 0 Å². The molecule has 7 heteroatoms. The molecule has 1 aliphatic heterocycles. The number of carbonyl (C=O) groups is 1. The number of ether oxygens (including phenoxy) is 2. The van der Waals surface area contributed by atoms with Crippen LogP contribution in [0.15, 0.2) is 59.6 Å². The van der Waals surface area contributed by atoms with E-state index in [2.05, 4.69) is 4.99 Å². The molecular formula is C20H20N2O5. The van der Waals surface area contributed by atoms with Gasteiger partial charge < -0.3 is 9.47 Å². The number of nitrogens with zero attached hydrogens (tertiary/aromatic N) is 2. The van der Waals surface area contributed by atoms with E-state index < -0.39 is 28.9 Å². The molecule has 2 aromatic rings. The van der Waals surface area contributed by atoms with E-state index in [9.17, 15) is 14.9 Å². The van der Waals surface area contributed by atoms with Crippen molar-refractivity contribution in [2.75, 3.05) is 20.3 Å². The van der Waals surface area contributed by atoms with E-state index in [4.69, 9.17) is 9.47 Å². The van der Waals surface area contributed by atoms with Gasteiger partial charge >= 0.3 is 5.97 Å². The van der Waals surface area contributed by atoms with Crippen LogP contribution in [-0.4, -0.2) is 42.6 Å². The molecule has 0 bridgehead atoms. The van der Waals surface area contributed by atoms with Gasteiger partial charge in [-0.1, -0.05) is 42.5 Å². The first kappa shape index (κ1) is 18.6. The number of rotatable bonds is 6. The third-order valence-electron chi connectivity index (χ3n) is 4.76. The van der Waals surface area contributed by atoms with Gasteiger partial charge in [0.2, 0.25) is 18.0 Å². The average Bonchev–Trinajstić information content (AvgIpc) is 3.13. The second-order valence-electron chi connectivity index (χ2n) is 6.41. The summed E-state index contributed by atoms with van der Waals surface area (Å²) in [6.45, 7) is 1.27. The monoisotopic (exact) mass is 368 g/mol. The van der Waals surface area contributed by atoms with E-state index in [0.717, 1.165) is 5.56 Å². The fraction of sp³-hybridized carbons (Fsp3) is 0.300. The van der Waals surface area contributed by atoms with Gasteiger partial charge in [0.25, 0.3) is 0 Å². The van der Waals surface area contributed by atoms with Gasteiger partial charge in [-0.15, -0.1) is 0 Å². The van der Waals surface area contributed by atoms with Crippen LogP contribution in [0.3, 0.4) is 0 Å². The Labute approximate surface area is 156 Å². The number of benzene rings is 2. The van der Waals surface area contributed by atoms with Gasteiger partial charge in [0, 0.05) is 10.5 Å². The van der Waals surface area contributed by atoms with Crippen molar-refractivity contribution in [1.82, 2.24) is 0 Å². The van der Waals surface area contributed by atoms with Crippen molar-refractivity contribution in [3.63, 3.8) is 0 Å². The summed E-state index contributed by atoms with van der Waals surface area (Å²) >= 11 is 0. The minimum atomic E-state index is -1.51. The summed E-state index contributed by atoms with van der Waals surface area (Å²) in [6, 6.07) is 16.4. The van der Waals surface area contributed by atoms with Crippen LogP contribution in [0.25, 0.3) is 0 Å². The van der Waals surface area contributed by atoms with Crippen molar-refractivity contribution in [3.8, 4) is 0 Å². The summed E-state index contributed by atoms with van der Waals surface area (Å²) in [7, 11) is 1.25. The predicted molar refractivity (Wildman–Crippen MR) is 99.5 cm³/mol. The molecule has 0 saturated carbocycles. The fourth-order valence-corrected chi connectivity index (χ4v) is 3.39. The normalized spacial score (nSPS) is 19.7. The lowest BCUT2D eigenvalue weighted by molar-refractivity contribution is -0.484. The summed E-state index contributed by atoms with van der Waals surface area (Å²) in [6.07, 6.45) is 0. The molecule has 2 atom stereocenters. The number of nitro groups is 1. The molecule has 0 aromatic heterocycles. The molecule has 0 saturated heterocycles. The zero-order valence-electron chi connectivity index (χ0n) is 15.1. The van der Waals surface area contributed by atoms with Gasteiger partial charge in [-0.3, -0.25) is 10.1 Å². The smallest absolute Gasteiger partial charge is 0.338 e. The Morgan fingerprint density at radius 1 is 1.26 bits per heavy atom. The first-order chi connectivity index (χ1) is 13.0. The summed E-state index contributed by atoms with van der Waals surface area (Å²) < 4.78 is 10.7. The third kappa shape index (κ3) is 3.53. The highest BCUT2D eigenvalue weighted by molar-refractivity contribution is 5.99. The SMILES string of the molecule is COC(=O)[C@@]1([C@@H](C[N+](=O)[O-])c2ccccc2C)COC(c2ccccc2)=N1. The second-order valence-corrected chi connectivity index (χ2v) is 6.41. The molecule has 3 rings (SSSR count). The van der Waals surface area contributed by atoms with Crippen LogP contribution < -0.4 is 0 Å². The van der Waals surface area contributed by atoms with E-state index in [1.54, 1.807) is 12.1 Å². The lowest BCUT2D eigenvalue weighted by Gasteiger charge is -2.29. The first-order valence-corrected chi connectivity index (χ1v) is 8.52. The van der Waals surface area contributed by atoms with E-state index in [1.165, 1.54) is 7.11 Å². The maximum Gasteiger partial charge on any atom is 0.338 e. The molecule has 140 valence electrons. The minimum Gasteiger partial charge on any atom is -0.474 e. The van der Waals surface area contributed by atoms with Crippen LogP contribution in [0.1, 0.15) is 22.6 Å². The molecule has 7 nitrogen and oxygen atoms in total. The first-order valence-electron chi connectivity index (χ1n) is 8.52. The minimum absolute atomic E-state index is 0.114. The average molecular weight is 368 g/mol. The Morgan fingerprint density at radius 3 is 2.56 bits per heavy atom.